The third kappa shape index (κ3) is 4.81. The van der Waals surface area contributed by atoms with Crippen molar-refractivity contribution in [2.75, 3.05) is 20.2 Å². The van der Waals surface area contributed by atoms with Crippen molar-refractivity contribution in [2.24, 2.45) is 5.92 Å². The maximum absolute atomic E-state index is 13.0. The van der Waals surface area contributed by atoms with Crippen molar-refractivity contribution in [3.8, 4) is 5.88 Å². The van der Waals surface area contributed by atoms with Crippen LogP contribution in [-0.2, 0) is 11.3 Å². The number of hydrogen-bond donors (Lipinski definition) is 1. The molecule has 1 atom stereocenters. The Morgan fingerprint density at radius 2 is 2.04 bits per heavy atom. The zero-order valence-electron chi connectivity index (χ0n) is 15.2. The van der Waals surface area contributed by atoms with Crippen molar-refractivity contribution in [1.82, 2.24) is 15.2 Å². The third-order valence-corrected chi connectivity index (χ3v) is 4.64. The van der Waals surface area contributed by atoms with Crippen LogP contribution in [0.1, 0.15) is 28.8 Å². The highest BCUT2D eigenvalue weighted by molar-refractivity contribution is 5.94. The molecule has 27 heavy (non-hydrogen) atoms. The third-order valence-electron chi connectivity index (χ3n) is 4.64. The lowest BCUT2D eigenvalue weighted by molar-refractivity contribution is -0.126. The minimum absolute atomic E-state index is 0.0811. The molecule has 6 nitrogen and oxygen atoms in total. The van der Waals surface area contributed by atoms with Crippen molar-refractivity contribution in [3.63, 3.8) is 0 Å². The van der Waals surface area contributed by atoms with E-state index in [9.17, 15) is 14.0 Å². The van der Waals surface area contributed by atoms with E-state index < -0.39 is 0 Å². The fourth-order valence-electron chi connectivity index (χ4n) is 3.12. The Morgan fingerprint density at radius 3 is 2.70 bits per heavy atom. The minimum Gasteiger partial charge on any atom is -0.481 e. The molecule has 2 heterocycles. The molecule has 0 bridgehead atoms. The molecule has 0 saturated carbocycles. The molecule has 1 aromatic carbocycles. The summed E-state index contributed by atoms with van der Waals surface area (Å²) >= 11 is 0. The van der Waals surface area contributed by atoms with Gasteiger partial charge in [-0.2, -0.15) is 0 Å². The SMILES string of the molecule is COc1ccc(CNC(=O)C2CCCN(C(=O)c3ccc(F)cc3)C2)cn1. The predicted octanol–water partition coefficient (Wildman–Crippen LogP) is 2.40. The van der Waals surface area contributed by atoms with Gasteiger partial charge in [0, 0.05) is 37.5 Å². The standard InChI is InChI=1S/C20H22FN3O3/c1-27-18-9-4-14(11-22-18)12-23-19(25)16-3-2-10-24(13-16)20(26)15-5-7-17(21)8-6-15/h4-9,11,16H,2-3,10,12-13H2,1H3,(H,23,25). The van der Waals surface area contributed by atoms with Crippen LogP contribution >= 0.6 is 0 Å². The first kappa shape index (κ1) is 18.8. The number of pyridine rings is 1. The number of methoxy groups -OCH3 is 1. The molecule has 1 aromatic heterocycles. The predicted molar refractivity (Wildman–Crippen MR) is 97.7 cm³/mol. The number of hydrogen-bond acceptors (Lipinski definition) is 4. The molecule has 0 radical (unpaired) electrons. The number of rotatable bonds is 5. The summed E-state index contributed by atoms with van der Waals surface area (Å²) in [5, 5.41) is 2.91. The second-order valence-corrected chi connectivity index (χ2v) is 6.52. The Labute approximate surface area is 157 Å². The normalized spacial score (nSPS) is 16.7. The van der Waals surface area contributed by atoms with Gasteiger partial charge < -0.3 is 15.0 Å². The molecular weight excluding hydrogens is 349 g/mol. The molecule has 1 saturated heterocycles. The Kier molecular flexibility index (Phi) is 6.01. The summed E-state index contributed by atoms with van der Waals surface area (Å²) in [5.41, 5.74) is 1.31. The van der Waals surface area contributed by atoms with Gasteiger partial charge in [-0.25, -0.2) is 9.37 Å². The molecule has 2 aromatic rings. The molecular formula is C20H22FN3O3. The zero-order chi connectivity index (χ0) is 19.2. The van der Waals surface area contributed by atoms with E-state index in [4.69, 9.17) is 4.74 Å². The van der Waals surface area contributed by atoms with Crippen LogP contribution in [0.2, 0.25) is 0 Å². The average molecular weight is 371 g/mol. The molecule has 142 valence electrons. The van der Waals surface area contributed by atoms with Crippen LogP contribution in [0.4, 0.5) is 4.39 Å². The van der Waals surface area contributed by atoms with Gasteiger partial charge in [0.25, 0.3) is 5.91 Å². The zero-order valence-corrected chi connectivity index (χ0v) is 15.2. The van der Waals surface area contributed by atoms with E-state index in [0.29, 0.717) is 31.1 Å². The van der Waals surface area contributed by atoms with E-state index in [0.717, 1.165) is 18.4 Å². The quantitative estimate of drug-likeness (QED) is 0.876. The fraction of sp³-hybridized carbons (Fsp3) is 0.350. The number of benzene rings is 1. The van der Waals surface area contributed by atoms with Gasteiger partial charge in [-0.1, -0.05) is 6.07 Å². The van der Waals surface area contributed by atoms with Crippen LogP contribution < -0.4 is 10.1 Å². The van der Waals surface area contributed by atoms with E-state index in [2.05, 4.69) is 10.3 Å². The molecule has 1 aliphatic rings. The molecule has 1 aliphatic heterocycles. The number of piperidine rings is 1. The monoisotopic (exact) mass is 371 g/mol. The second kappa shape index (κ2) is 8.62. The van der Waals surface area contributed by atoms with Crippen LogP contribution in [0.25, 0.3) is 0 Å². The summed E-state index contributed by atoms with van der Waals surface area (Å²) in [4.78, 5) is 30.8. The smallest absolute Gasteiger partial charge is 0.253 e. The first-order chi connectivity index (χ1) is 13.1. The largest absolute Gasteiger partial charge is 0.481 e. The Balaban J connectivity index is 1.55. The first-order valence-corrected chi connectivity index (χ1v) is 8.88. The molecule has 0 spiro atoms. The van der Waals surface area contributed by atoms with Crippen molar-refractivity contribution in [3.05, 3.63) is 59.5 Å². The number of amides is 2. The summed E-state index contributed by atoms with van der Waals surface area (Å²) in [6.45, 7) is 1.34. The fourth-order valence-corrected chi connectivity index (χ4v) is 3.12. The van der Waals surface area contributed by atoms with Crippen LogP contribution in [-0.4, -0.2) is 41.9 Å². The first-order valence-electron chi connectivity index (χ1n) is 8.88. The van der Waals surface area contributed by atoms with Crippen molar-refractivity contribution < 1.29 is 18.7 Å². The van der Waals surface area contributed by atoms with Crippen LogP contribution in [0.15, 0.2) is 42.6 Å². The topological polar surface area (TPSA) is 71.5 Å². The summed E-state index contributed by atoms with van der Waals surface area (Å²) in [5.74, 6) is -0.369. The lowest BCUT2D eigenvalue weighted by Gasteiger charge is -2.32. The molecule has 1 unspecified atom stereocenters. The maximum atomic E-state index is 13.0. The van der Waals surface area contributed by atoms with E-state index in [1.807, 2.05) is 6.07 Å². The summed E-state index contributed by atoms with van der Waals surface area (Å²) in [6, 6.07) is 9.06. The van der Waals surface area contributed by atoms with Gasteiger partial charge in [0.05, 0.1) is 13.0 Å². The van der Waals surface area contributed by atoms with Gasteiger partial charge in [-0.05, 0) is 42.7 Å². The summed E-state index contributed by atoms with van der Waals surface area (Å²) < 4.78 is 18.0. The van der Waals surface area contributed by atoms with Crippen LogP contribution in [0.5, 0.6) is 5.88 Å². The molecule has 7 heteroatoms. The summed E-state index contributed by atoms with van der Waals surface area (Å²) in [6.07, 6.45) is 3.15. The number of ether oxygens (including phenoxy) is 1. The highest BCUT2D eigenvalue weighted by Gasteiger charge is 2.28. The average Bonchev–Trinajstić information content (AvgIpc) is 2.72. The number of likely N-dealkylation sites (tertiary alicyclic amines) is 1. The van der Waals surface area contributed by atoms with Gasteiger partial charge in [0.2, 0.25) is 11.8 Å². The van der Waals surface area contributed by atoms with Gasteiger partial charge in [0.1, 0.15) is 5.82 Å². The maximum Gasteiger partial charge on any atom is 0.253 e. The molecule has 2 amide bonds. The van der Waals surface area contributed by atoms with Crippen molar-refractivity contribution >= 4 is 11.8 Å². The Morgan fingerprint density at radius 1 is 1.26 bits per heavy atom. The number of carbonyl (C=O) groups excluding carboxylic acids is 2. The number of halogens is 1. The van der Waals surface area contributed by atoms with Crippen LogP contribution in [0.3, 0.4) is 0 Å². The number of carbonyl (C=O) groups is 2. The highest BCUT2D eigenvalue weighted by atomic mass is 19.1. The Hall–Kier alpha value is -2.96. The number of nitrogens with zero attached hydrogens (tertiary/aromatic N) is 2. The van der Waals surface area contributed by atoms with E-state index in [1.54, 1.807) is 24.3 Å². The second-order valence-electron chi connectivity index (χ2n) is 6.52. The minimum atomic E-state index is -0.379. The van der Waals surface area contributed by atoms with Crippen LogP contribution in [0, 0.1) is 11.7 Å². The van der Waals surface area contributed by atoms with Gasteiger partial charge in [-0.3, -0.25) is 9.59 Å². The molecule has 1 N–H and O–H groups in total. The molecule has 3 rings (SSSR count). The van der Waals surface area contributed by atoms with E-state index >= 15 is 0 Å². The lowest BCUT2D eigenvalue weighted by atomic mass is 9.96. The van der Waals surface area contributed by atoms with E-state index in [1.165, 1.54) is 24.3 Å². The van der Waals surface area contributed by atoms with Crippen molar-refractivity contribution in [2.45, 2.75) is 19.4 Å². The van der Waals surface area contributed by atoms with Gasteiger partial charge in [0.15, 0.2) is 0 Å². The molecule has 1 fully saturated rings. The summed E-state index contributed by atoms with van der Waals surface area (Å²) in [7, 11) is 1.55. The highest BCUT2D eigenvalue weighted by Crippen LogP contribution is 2.19. The number of nitrogens with one attached hydrogen (secondary N) is 1. The lowest BCUT2D eigenvalue weighted by Crippen LogP contribution is -2.45. The van der Waals surface area contributed by atoms with E-state index in [-0.39, 0.29) is 23.5 Å². The molecule has 0 aliphatic carbocycles. The number of aromatic nitrogens is 1. The van der Waals surface area contributed by atoms with Crippen molar-refractivity contribution in [1.29, 1.82) is 0 Å². The Bertz CT molecular complexity index is 793. The van der Waals surface area contributed by atoms with Gasteiger partial charge >= 0.3 is 0 Å². The van der Waals surface area contributed by atoms with Gasteiger partial charge in [-0.15, -0.1) is 0 Å².